The van der Waals surface area contributed by atoms with E-state index in [9.17, 15) is 0 Å². The number of ether oxygens (including phenoxy) is 2. The van der Waals surface area contributed by atoms with Crippen molar-refractivity contribution in [1.29, 1.82) is 0 Å². The van der Waals surface area contributed by atoms with E-state index in [1.54, 1.807) is 0 Å². The molecule has 1 rings (SSSR count). The second-order valence-electron chi connectivity index (χ2n) is 6.05. The average molecular weight is 293 g/mol. The maximum absolute atomic E-state index is 5.88. The molecular weight excluding hydrogens is 262 g/mol. The van der Waals surface area contributed by atoms with Crippen molar-refractivity contribution in [3.05, 3.63) is 28.8 Å². The summed E-state index contributed by atoms with van der Waals surface area (Å²) in [4.78, 5) is 0. The van der Waals surface area contributed by atoms with Crippen molar-refractivity contribution in [1.82, 2.24) is 5.32 Å². The summed E-state index contributed by atoms with van der Waals surface area (Å²) >= 11 is 0. The maximum Gasteiger partial charge on any atom is 0.125 e. The molecule has 0 spiro atoms. The number of nitrogens with one attached hydrogen (secondary N) is 1. The fraction of sp³-hybridized carbons (Fsp3) is 0.667. The van der Waals surface area contributed by atoms with Gasteiger partial charge < -0.3 is 14.8 Å². The van der Waals surface area contributed by atoms with Crippen LogP contribution in [0.25, 0.3) is 0 Å². The molecule has 21 heavy (non-hydrogen) atoms. The molecule has 0 aliphatic heterocycles. The number of hydrogen-bond donors (Lipinski definition) is 1. The summed E-state index contributed by atoms with van der Waals surface area (Å²) in [6.07, 6.45) is 1.16. The summed E-state index contributed by atoms with van der Waals surface area (Å²) in [6.45, 7) is 14.8. The Balaban J connectivity index is 2.47. The van der Waals surface area contributed by atoms with Crippen molar-refractivity contribution < 1.29 is 9.47 Å². The van der Waals surface area contributed by atoms with Gasteiger partial charge in [-0.1, -0.05) is 32.9 Å². The standard InChI is InChI=1S/C18H31NO2/c1-6-7-19-12-17-10-15(4)18(16(5)11-17)21-9-8-20-13-14(2)3/h10-11,14,19H,6-9,12-13H2,1-5H3. The average Bonchev–Trinajstić information content (AvgIpc) is 2.41. The van der Waals surface area contributed by atoms with Crippen molar-refractivity contribution in [2.24, 2.45) is 5.92 Å². The fourth-order valence-electron chi connectivity index (χ4n) is 2.30. The van der Waals surface area contributed by atoms with Gasteiger partial charge in [-0.2, -0.15) is 0 Å². The number of benzene rings is 1. The summed E-state index contributed by atoms with van der Waals surface area (Å²) in [7, 11) is 0. The van der Waals surface area contributed by atoms with Crippen LogP contribution in [0, 0.1) is 19.8 Å². The Morgan fingerprint density at radius 1 is 1.10 bits per heavy atom. The first kappa shape index (κ1) is 18.0. The smallest absolute Gasteiger partial charge is 0.125 e. The Bertz CT molecular complexity index is 393. The number of rotatable bonds is 10. The molecule has 0 unspecified atom stereocenters. The van der Waals surface area contributed by atoms with Crippen LogP contribution in [0.3, 0.4) is 0 Å². The zero-order chi connectivity index (χ0) is 15.7. The van der Waals surface area contributed by atoms with E-state index in [0.29, 0.717) is 19.1 Å². The number of hydrogen-bond acceptors (Lipinski definition) is 3. The van der Waals surface area contributed by atoms with Crippen molar-refractivity contribution >= 4 is 0 Å². The SMILES string of the molecule is CCCNCc1cc(C)c(OCCOCC(C)C)c(C)c1. The molecule has 1 aromatic rings. The molecule has 3 nitrogen and oxygen atoms in total. The van der Waals surface area contributed by atoms with E-state index < -0.39 is 0 Å². The third-order valence-corrected chi connectivity index (χ3v) is 3.20. The van der Waals surface area contributed by atoms with Gasteiger partial charge >= 0.3 is 0 Å². The first-order chi connectivity index (χ1) is 10.0. The van der Waals surface area contributed by atoms with Gasteiger partial charge in [-0.3, -0.25) is 0 Å². The highest BCUT2D eigenvalue weighted by atomic mass is 16.5. The van der Waals surface area contributed by atoms with Crippen LogP contribution in [0.1, 0.15) is 43.9 Å². The molecule has 0 saturated carbocycles. The first-order valence-electron chi connectivity index (χ1n) is 8.06. The molecule has 0 aliphatic rings. The fourth-order valence-corrected chi connectivity index (χ4v) is 2.30. The van der Waals surface area contributed by atoms with Gasteiger partial charge in [0.25, 0.3) is 0 Å². The summed E-state index contributed by atoms with van der Waals surface area (Å²) in [6, 6.07) is 4.42. The summed E-state index contributed by atoms with van der Waals surface area (Å²) in [5, 5.41) is 3.43. The van der Waals surface area contributed by atoms with Crippen LogP contribution in [0.2, 0.25) is 0 Å². The Morgan fingerprint density at radius 2 is 1.76 bits per heavy atom. The lowest BCUT2D eigenvalue weighted by Gasteiger charge is -2.15. The van der Waals surface area contributed by atoms with E-state index in [1.165, 1.54) is 16.7 Å². The monoisotopic (exact) mass is 293 g/mol. The minimum absolute atomic E-state index is 0.573. The van der Waals surface area contributed by atoms with Crippen LogP contribution in [0.5, 0.6) is 5.75 Å². The molecule has 0 heterocycles. The molecule has 0 saturated heterocycles. The highest BCUT2D eigenvalue weighted by molar-refractivity contribution is 5.43. The van der Waals surface area contributed by atoms with Gasteiger partial charge in [-0.15, -0.1) is 0 Å². The van der Waals surface area contributed by atoms with E-state index in [0.717, 1.165) is 31.9 Å². The first-order valence-corrected chi connectivity index (χ1v) is 8.06. The Kier molecular flexibility index (Phi) is 8.40. The Morgan fingerprint density at radius 3 is 2.33 bits per heavy atom. The van der Waals surface area contributed by atoms with E-state index >= 15 is 0 Å². The van der Waals surface area contributed by atoms with Crippen LogP contribution >= 0.6 is 0 Å². The largest absolute Gasteiger partial charge is 0.491 e. The lowest BCUT2D eigenvalue weighted by molar-refractivity contribution is 0.0815. The minimum atomic E-state index is 0.573. The molecule has 0 radical (unpaired) electrons. The van der Waals surface area contributed by atoms with Crippen molar-refractivity contribution in [3.63, 3.8) is 0 Å². The van der Waals surface area contributed by atoms with E-state index in [2.05, 4.69) is 52.1 Å². The third-order valence-electron chi connectivity index (χ3n) is 3.20. The zero-order valence-electron chi connectivity index (χ0n) is 14.3. The van der Waals surface area contributed by atoms with Crippen molar-refractivity contribution in [2.45, 2.75) is 47.6 Å². The van der Waals surface area contributed by atoms with Crippen molar-refractivity contribution in [2.75, 3.05) is 26.4 Å². The molecule has 3 heteroatoms. The predicted octanol–water partition coefficient (Wildman–Crippen LogP) is 3.85. The van der Waals surface area contributed by atoms with E-state index in [-0.39, 0.29) is 0 Å². The topological polar surface area (TPSA) is 30.5 Å². The molecule has 0 bridgehead atoms. The second kappa shape index (κ2) is 9.80. The summed E-state index contributed by atoms with van der Waals surface area (Å²) in [5.41, 5.74) is 3.72. The predicted molar refractivity (Wildman–Crippen MR) is 89.1 cm³/mol. The van der Waals surface area contributed by atoms with Crippen molar-refractivity contribution in [3.8, 4) is 5.75 Å². The van der Waals surface area contributed by atoms with Crippen LogP contribution in [0.4, 0.5) is 0 Å². The Hall–Kier alpha value is -1.06. The molecule has 120 valence electrons. The van der Waals surface area contributed by atoms with E-state index in [4.69, 9.17) is 9.47 Å². The second-order valence-corrected chi connectivity index (χ2v) is 6.05. The van der Waals surface area contributed by atoms with Gasteiger partial charge in [0.05, 0.1) is 6.61 Å². The lowest BCUT2D eigenvalue weighted by Crippen LogP contribution is -2.14. The maximum atomic E-state index is 5.88. The highest BCUT2D eigenvalue weighted by Gasteiger charge is 2.06. The van der Waals surface area contributed by atoms with Crippen LogP contribution in [0.15, 0.2) is 12.1 Å². The van der Waals surface area contributed by atoms with Crippen LogP contribution < -0.4 is 10.1 Å². The zero-order valence-corrected chi connectivity index (χ0v) is 14.3. The molecule has 0 aromatic heterocycles. The van der Waals surface area contributed by atoms with Gasteiger partial charge in [0.2, 0.25) is 0 Å². The van der Waals surface area contributed by atoms with Crippen LogP contribution in [-0.4, -0.2) is 26.4 Å². The molecular formula is C18H31NO2. The van der Waals surface area contributed by atoms with Gasteiger partial charge in [0.1, 0.15) is 12.4 Å². The molecule has 1 aromatic carbocycles. The molecule has 0 aliphatic carbocycles. The molecule has 0 atom stereocenters. The highest BCUT2D eigenvalue weighted by Crippen LogP contribution is 2.24. The quantitative estimate of drug-likeness (QED) is 0.665. The minimum Gasteiger partial charge on any atom is -0.491 e. The lowest BCUT2D eigenvalue weighted by atomic mass is 10.1. The summed E-state index contributed by atoms with van der Waals surface area (Å²) in [5.74, 6) is 1.57. The van der Waals surface area contributed by atoms with Crippen LogP contribution in [-0.2, 0) is 11.3 Å². The van der Waals surface area contributed by atoms with E-state index in [1.807, 2.05) is 0 Å². The van der Waals surface area contributed by atoms with Gasteiger partial charge in [-0.25, -0.2) is 0 Å². The summed E-state index contributed by atoms with van der Waals surface area (Å²) < 4.78 is 11.4. The molecule has 0 amide bonds. The molecule has 1 N–H and O–H groups in total. The molecule has 0 fully saturated rings. The van der Waals surface area contributed by atoms with Gasteiger partial charge in [-0.05, 0) is 49.4 Å². The Labute approximate surface area is 130 Å². The van der Waals surface area contributed by atoms with Gasteiger partial charge in [0.15, 0.2) is 0 Å². The van der Waals surface area contributed by atoms with Gasteiger partial charge in [0, 0.05) is 13.2 Å². The third kappa shape index (κ3) is 6.96. The number of aryl methyl sites for hydroxylation is 2. The normalized spacial score (nSPS) is 11.1.